The molecule has 1 aromatic carbocycles. The second kappa shape index (κ2) is 7.64. The van der Waals surface area contributed by atoms with Crippen LogP contribution in [0.25, 0.3) is 0 Å². The van der Waals surface area contributed by atoms with Crippen molar-refractivity contribution in [2.75, 3.05) is 31.9 Å². The zero-order valence-corrected chi connectivity index (χ0v) is 16.1. The summed E-state index contributed by atoms with van der Waals surface area (Å²) in [5.41, 5.74) is 0.0809. The third kappa shape index (κ3) is 3.64. The van der Waals surface area contributed by atoms with Crippen LogP contribution in [0, 0.1) is 5.82 Å². The number of carbonyl (C=O) groups excluding carboxylic acids is 1. The monoisotopic (exact) mass is 382 g/mol. The van der Waals surface area contributed by atoms with E-state index in [0.29, 0.717) is 26.2 Å². The highest BCUT2D eigenvalue weighted by atomic mass is 32.2. The molecule has 0 N–H and O–H groups in total. The van der Waals surface area contributed by atoms with E-state index < -0.39 is 15.4 Å². The summed E-state index contributed by atoms with van der Waals surface area (Å²) < 4.78 is 39.4. The number of amides is 1. The molecule has 0 radical (unpaired) electrons. The van der Waals surface area contributed by atoms with Crippen LogP contribution in [0.2, 0.25) is 0 Å². The Morgan fingerprint density at radius 1 is 1.12 bits per heavy atom. The Labute approximate surface area is 155 Å². The highest BCUT2D eigenvalue weighted by Gasteiger charge is 2.44. The molecule has 1 aliphatic carbocycles. The number of piperazine rings is 1. The average molecular weight is 383 g/mol. The minimum atomic E-state index is -3.22. The Balaban J connectivity index is 1.82. The second-order valence-electron chi connectivity index (χ2n) is 7.24. The van der Waals surface area contributed by atoms with Gasteiger partial charge in [0.05, 0.1) is 11.2 Å². The Kier molecular flexibility index (Phi) is 5.67. The Hall–Kier alpha value is -1.47. The van der Waals surface area contributed by atoms with Gasteiger partial charge < -0.3 is 4.90 Å². The highest BCUT2D eigenvalue weighted by Crippen LogP contribution is 2.41. The minimum Gasteiger partial charge on any atom is -0.339 e. The van der Waals surface area contributed by atoms with Gasteiger partial charge in [-0.1, -0.05) is 31.4 Å². The average Bonchev–Trinajstić information content (AvgIpc) is 2.68. The summed E-state index contributed by atoms with van der Waals surface area (Å²) in [5.74, 6) is -0.218. The van der Waals surface area contributed by atoms with Crippen LogP contribution in [0.1, 0.15) is 44.6 Å². The number of hydrogen-bond donors (Lipinski definition) is 0. The number of benzene rings is 1. The van der Waals surface area contributed by atoms with Crippen molar-refractivity contribution in [3.05, 3.63) is 35.6 Å². The Bertz CT molecular complexity index is 752. The molecule has 26 heavy (non-hydrogen) atoms. The molecule has 0 aromatic heterocycles. The number of carbonyl (C=O) groups is 1. The molecular weight excluding hydrogens is 355 g/mol. The molecule has 0 atom stereocenters. The lowest BCUT2D eigenvalue weighted by Gasteiger charge is -2.43. The Morgan fingerprint density at radius 3 is 2.35 bits per heavy atom. The maximum Gasteiger partial charge on any atom is 0.233 e. The predicted octanol–water partition coefficient (Wildman–Crippen LogP) is 2.52. The first-order chi connectivity index (χ1) is 12.4. The van der Waals surface area contributed by atoms with Crippen molar-refractivity contribution in [2.24, 2.45) is 0 Å². The molecule has 1 aliphatic heterocycles. The van der Waals surface area contributed by atoms with Gasteiger partial charge in [-0.05, 0) is 37.5 Å². The number of rotatable bonds is 4. The molecule has 1 saturated carbocycles. The molecule has 2 fully saturated rings. The van der Waals surface area contributed by atoms with E-state index in [9.17, 15) is 17.6 Å². The molecule has 1 saturated heterocycles. The molecule has 1 amide bonds. The van der Waals surface area contributed by atoms with Crippen molar-refractivity contribution in [3.63, 3.8) is 0 Å². The molecule has 1 heterocycles. The summed E-state index contributed by atoms with van der Waals surface area (Å²) in [5, 5.41) is 0. The van der Waals surface area contributed by atoms with Crippen LogP contribution in [0.5, 0.6) is 0 Å². The van der Waals surface area contributed by atoms with Crippen LogP contribution >= 0.6 is 0 Å². The van der Waals surface area contributed by atoms with E-state index in [4.69, 9.17) is 0 Å². The first kappa shape index (κ1) is 19.3. The fourth-order valence-electron chi connectivity index (χ4n) is 4.22. The van der Waals surface area contributed by atoms with Gasteiger partial charge in [-0.15, -0.1) is 0 Å². The molecule has 144 valence electrons. The van der Waals surface area contributed by atoms with Gasteiger partial charge >= 0.3 is 0 Å². The van der Waals surface area contributed by atoms with E-state index in [1.165, 1.54) is 16.4 Å². The van der Waals surface area contributed by atoms with Gasteiger partial charge in [0.1, 0.15) is 5.82 Å². The van der Waals surface area contributed by atoms with E-state index in [0.717, 1.165) is 37.7 Å². The van der Waals surface area contributed by atoms with Gasteiger partial charge in [-0.3, -0.25) is 4.79 Å². The van der Waals surface area contributed by atoms with Crippen molar-refractivity contribution in [3.8, 4) is 0 Å². The molecular formula is C19H27FN2O3S. The van der Waals surface area contributed by atoms with E-state index in [2.05, 4.69) is 0 Å². The molecule has 7 heteroatoms. The molecule has 0 unspecified atom stereocenters. The van der Waals surface area contributed by atoms with E-state index in [1.54, 1.807) is 17.9 Å². The smallest absolute Gasteiger partial charge is 0.233 e. The van der Waals surface area contributed by atoms with Crippen molar-refractivity contribution in [1.82, 2.24) is 9.21 Å². The van der Waals surface area contributed by atoms with Crippen LogP contribution < -0.4 is 0 Å². The lowest BCUT2D eigenvalue weighted by atomic mass is 9.68. The van der Waals surface area contributed by atoms with Crippen LogP contribution in [-0.4, -0.2) is 55.5 Å². The summed E-state index contributed by atoms with van der Waals surface area (Å²) in [4.78, 5) is 15.2. The third-order valence-electron chi connectivity index (χ3n) is 5.78. The van der Waals surface area contributed by atoms with Gasteiger partial charge in [-0.2, -0.15) is 4.31 Å². The highest BCUT2D eigenvalue weighted by molar-refractivity contribution is 7.89. The maximum absolute atomic E-state index is 13.8. The number of sulfonamides is 1. The van der Waals surface area contributed by atoms with Crippen LogP contribution in [0.4, 0.5) is 4.39 Å². The summed E-state index contributed by atoms with van der Waals surface area (Å²) in [6.07, 6.45) is 4.44. The van der Waals surface area contributed by atoms with Gasteiger partial charge in [0.2, 0.25) is 15.9 Å². The summed E-state index contributed by atoms with van der Waals surface area (Å²) in [6.45, 7) is 3.10. The minimum absolute atomic E-state index is 0.0244. The van der Waals surface area contributed by atoms with Crippen molar-refractivity contribution in [1.29, 1.82) is 0 Å². The third-order valence-corrected chi connectivity index (χ3v) is 7.66. The fraction of sp³-hybridized carbons (Fsp3) is 0.632. The van der Waals surface area contributed by atoms with Gasteiger partial charge in [-0.25, -0.2) is 12.8 Å². The van der Waals surface area contributed by atoms with Crippen LogP contribution in [-0.2, 0) is 20.2 Å². The molecule has 0 spiro atoms. The topological polar surface area (TPSA) is 57.7 Å². The quantitative estimate of drug-likeness (QED) is 0.804. The van der Waals surface area contributed by atoms with E-state index >= 15 is 0 Å². The van der Waals surface area contributed by atoms with Crippen molar-refractivity contribution < 1.29 is 17.6 Å². The molecule has 1 aromatic rings. The second-order valence-corrected chi connectivity index (χ2v) is 9.50. The lowest BCUT2D eigenvalue weighted by molar-refractivity contribution is -0.140. The maximum atomic E-state index is 13.8. The van der Waals surface area contributed by atoms with Gasteiger partial charge in [0.15, 0.2) is 0 Å². The standard InChI is InChI=1S/C19H27FN2O3S/c1-2-26(24,25)22-13-11-21(12-14-22)18(23)19(9-4-3-5-10-19)16-7-6-8-17(20)15-16/h6-8,15H,2-5,9-14H2,1H3. The molecule has 0 bridgehead atoms. The zero-order valence-electron chi connectivity index (χ0n) is 15.3. The van der Waals surface area contributed by atoms with E-state index in [-0.39, 0.29) is 17.5 Å². The zero-order chi connectivity index (χ0) is 18.8. The summed E-state index contributed by atoms with van der Waals surface area (Å²) in [6, 6.07) is 6.41. The van der Waals surface area contributed by atoms with E-state index in [1.807, 2.05) is 6.07 Å². The van der Waals surface area contributed by atoms with Crippen LogP contribution in [0.15, 0.2) is 24.3 Å². The largest absolute Gasteiger partial charge is 0.339 e. The van der Waals surface area contributed by atoms with Crippen molar-refractivity contribution >= 4 is 15.9 Å². The Morgan fingerprint density at radius 2 is 1.77 bits per heavy atom. The van der Waals surface area contributed by atoms with Crippen LogP contribution in [0.3, 0.4) is 0 Å². The lowest BCUT2D eigenvalue weighted by Crippen LogP contribution is -2.56. The molecule has 3 rings (SSSR count). The SMILES string of the molecule is CCS(=O)(=O)N1CCN(C(=O)C2(c3cccc(F)c3)CCCCC2)CC1. The summed E-state index contributed by atoms with van der Waals surface area (Å²) in [7, 11) is -3.22. The normalized spacial score (nSPS) is 21.5. The number of hydrogen-bond acceptors (Lipinski definition) is 3. The number of nitrogens with zero attached hydrogens (tertiary/aromatic N) is 2. The molecule has 2 aliphatic rings. The number of halogens is 1. The van der Waals surface area contributed by atoms with Gasteiger partial charge in [0.25, 0.3) is 0 Å². The fourth-order valence-corrected chi connectivity index (χ4v) is 5.31. The predicted molar refractivity (Wildman–Crippen MR) is 98.8 cm³/mol. The van der Waals surface area contributed by atoms with Crippen molar-refractivity contribution in [2.45, 2.75) is 44.4 Å². The first-order valence-electron chi connectivity index (χ1n) is 9.42. The van der Waals surface area contributed by atoms with Gasteiger partial charge in [0, 0.05) is 26.2 Å². The first-order valence-corrected chi connectivity index (χ1v) is 11.0. The molecule has 5 nitrogen and oxygen atoms in total. The summed E-state index contributed by atoms with van der Waals surface area (Å²) >= 11 is 0.